The fourth-order valence-corrected chi connectivity index (χ4v) is 2.47. The Labute approximate surface area is 97.4 Å². The summed E-state index contributed by atoms with van der Waals surface area (Å²) < 4.78 is 25.0. The zero-order chi connectivity index (χ0) is 12.2. The summed E-state index contributed by atoms with van der Waals surface area (Å²) in [5.41, 5.74) is 0.0274. The molecule has 1 N–H and O–H groups in total. The minimum absolute atomic E-state index is 0.0274. The van der Waals surface area contributed by atoms with Gasteiger partial charge in [0.1, 0.15) is 0 Å². The summed E-state index contributed by atoms with van der Waals surface area (Å²) in [7, 11) is 0. The van der Waals surface area contributed by atoms with Gasteiger partial charge >= 0.3 is 0 Å². The van der Waals surface area contributed by atoms with Crippen molar-refractivity contribution in [1.29, 1.82) is 0 Å². The van der Waals surface area contributed by atoms with Gasteiger partial charge < -0.3 is 5.32 Å². The first-order valence-corrected chi connectivity index (χ1v) is 6.30. The van der Waals surface area contributed by atoms with Crippen LogP contribution in [-0.4, -0.2) is 42.5 Å². The molecule has 16 heavy (non-hydrogen) atoms. The smallest absolute Gasteiger partial charge is 0.251 e. The molecule has 1 saturated heterocycles. The Kier molecular flexibility index (Phi) is 5.12. The molecule has 2 nitrogen and oxygen atoms in total. The quantitative estimate of drug-likeness (QED) is 0.804. The van der Waals surface area contributed by atoms with Crippen LogP contribution in [0.4, 0.5) is 8.78 Å². The van der Waals surface area contributed by atoms with Gasteiger partial charge in [0.25, 0.3) is 6.43 Å². The topological polar surface area (TPSA) is 15.3 Å². The monoisotopic (exact) mass is 234 g/mol. The summed E-state index contributed by atoms with van der Waals surface area (Å²) in [5, 5.41) is 3.54. The van der Waals surface area contributed by atoms with Crippen molar-refractivity contribution in [3.05, 3.63) is 0 Å². The fraction of sp³-hybridized carbons (Fsp3) is 1.00. The molecule has 1 heterocycles. The molecule has 0 spiro atoms. The molecule has 4 heteroatoms. The molecule has 1 atom stereocenters. The van der Waals surface area contributed by atoms with Crippen LogP contribution in [0.1, 0.15) is 40.0 Å². The molecule has 1 aliphatic rings. The molecule has 0 bridgehead atoms. The van der Waals surface area contributed by atoms with Crippen LogP contribution >= 0.6 is 0 Å². The lowest BCUT2D eigenvalue weighted by molar-refractivity contribution is 0.0573. The van der Waals surface area contributed by atoms with Crippen molar-refractivity contribution in [3.8, 4) is 0 Å². The highest BCUT2D eigenvalue weighted by Crippen LogP contribution is 2.22. The molecule has 0 amide bonds. The Morgan fingerprint density at radius 1 is 1.38 bits per heavy atom. The first kappa shape index (κ1) is 13.8. The lowest BCUT2D eigenvalue weighted by Crippen LogP contribution is -2.52. The second kappa shape index (κ2) is 5.92. The van der Waals surface area contributed by atoms with Crippen molar-refractivity contribution in [3.63, 3.8) is 0 Å². The summed E-state index contributed by atoms with van der Waals surface area (Å²) in [5.74, 6) is 0. The Morgan fingerprint density at radius 2 is 2.00 bits per heavy atom. The molecule has 1 aliphatic heterocycles. The van der Waals surface area contributed by atoms with E-state index in [-0.39, 0.29) is 18.1 Å². The molecule has 0 aliphatic carbocycles. The highest BCUT2D eigenvalue weighted by atomic mass is 19.3. The van der Waals surface area contributed by atoms with Gasteiger partial charge in [-0.1, -0.05) is 13.8 Å². The van der Waals surface area contributed by atoms with Crippen LogP contribution in [0.5, 0.6) is 0 Å². The van der Waals surface area contributed by atoms with Gasteiger partial charge in [0, 0.05) is 18.1 Å². The van der Waals surface area contributed by atoms with E-state index in [9.17, 15) is 8.78 Å². The minimum Gasteiger partial charge on any atom is -0.310 e. The van der Waals surface area contributed by atoms with Crippen LogP contribution < -0.4 is 5.32 Å². The van der Waals surface area contributed by atoms with Gasteiger partial charge in [-0.2, -0.15) is 0 Å². The summed E-state index contributed by atoms with van der Waals surface area (Å²) in [6.07, 6.45) is 0.715. The third-order valence-corrected chi connectivity index (χ3v) is 3.92. The normalized spacial score (nSPS) is 27.0. The van der Waals surface area contributed by atoms with Gasteiger partial charge in [0.2, 0.25) is 0 Å². The first-order chi connectivity index (χ1) is 7.53. The molecule has 1 fully saturated rings. The minimum atomic E-state index is -2.23. The molecule has 1 unspecified atom stereocenters. The SMILES string of the molecule is CCC1(CC)CN(CC(F)F)C(C)CCN1. The Balaban J connectivity index is 2.72. The predicted molar refractivity (Wildman–Crippen MR) is 63.0 cm³/mol. The third-order valence-electron chi connectivity index (χ3n) is 3.92. The van der Waals surface area contributed by atoms with E-state index in [0.29, 0.717) is 0 Å². The molecule has 96 valence electrons. The van der Waals surface area contributed by atoms with E-state index in [1.165, 1.54) is 0 Å². The third kappa shape index (κ3) is 3.39. The average Bonchev–Trinajstić information content (AvgIpc) is 2.39. The van der Waals surface area contributed by atoms with Crippen molar-refractivity contribution in [2.45, 2.75) is 58.0 Å². The molecular weight excluding hydrogens is 210 g/mol. The molecule has 1 rings (SSSR count). The van der Waals surface area contributed by atoms with Crippen LogP contribution in [0, 0.1) is 0 Å². The van der Waals surface area contributed by atoms with Gasteiger partial charge in [-0.05, 0) is 32.7 Å². The molecule has 0 radical (unpaired) electrons. The van der Waals surface area contributed by atoms with Crippen molar-refractivity contribution in [2.75, 3.05) is 19.6 Å². The molecule has 0 aromatic heterocycles. The Bertz CT molecular complexity index is 205. The Hall–Kier alpha value is -0.220. The van der Waals surface area contributed by atoms with E-state index in [0.717, 1.165) is 32.4 Å². The number of hydrogen-bond acceptors (Lipinski definition) is 2. The van der Waals surface area contributed by atoms with Crippen molar-refractivity contribution in [2.24, 2.45) is 0 Å². The van der Waals surface area contributed by atoms with Crippen molar-refractivity contribution >= 4 is 0 Å². The lowest BCUT2D eigenvalue weighted by atomic mass is 9.92. The second-order valence-corrected chi connectivity index (χ2v) is 4.87. The number of rotatable bonds is 4. The number of alkyl halides is 2. The van der Waals surface area contributed by atoms with Crippen LogP contribution in [0.2, 0.25) is 0 Å². The standard InChI is InChI=1S/C12H24F2N2/c1-4-12(5-2)9-16(8-11(13)14)10(3)6-7-15-12/h10-11,15H,4-9H2,1-3H3. The highest BCUT2D eigenvalue weighted by Gasteiger charge is 2.33. The fourth-order valence-electron chi connectivity index (χ4n) is 2.47. The lowest BCUT2D eigenvalue weighted by Gasteiger charge is -2.36. The summed E-state index contributed by atoms with van der Waals surface area (Å²) >= 11 is 0. The van der Waals surface area contributed by atoms with E-state index in [1.807, 2.05) is 11.8 Å². The van der Waals surface area contributed by atoms with Gasteiger partial charge in [-0.3, -0.25) is 4.90 Å². The zero-order valence-corrected chi connectivity index (χ0v) is 10.6. The summed E-state index contributed by atoms with van der Waals surface area (Å²) in [4.78, 5) is 1.94. The maximum absolute atomic E-state index is 12.5. The van der Waals surface area contributed by atoms with E-state index >= 15 is 0 Å². The van der Waals surface area contributed by atoms with Crippen LogP contribution in [0.3, 0.4) is 0 Å². The number of nitrogens with one attached hydrogen (secondary N) is 1. The van der Waals surface area contributed by atoms with Crippen molar-refractivity contribution < 1.29 is 8.78 Å². The summed E-state index contributed by atoms with van der Waals surface area (Å²) in [6.45, 7) is 7.89. The average molecular weight is 234 g/mol. The van der Waals surface area contributed by atoms with E-state index < -0.39 is 6.43 Å². The van der Waals surface area contributed by atoms with Gasteiger partial charge in [-0.25, -0.2) is 8.78 Å². The predicted octanol–water partition coefficient (Wildman–Crippen LogP) is 2.49. The molecule has 0 saturated carbocycles. The zero-order valence-electron chi connectivity index (χ0n) is 10.6. The molecule has 0 aromatic carbocycles. The summed E-state index contributed by atoms with van der Waals surface area (Å²) in [6, 6.07) is 0.251. The number of hydrogen-bond donors (Lipinski definition) is 1. The maximum atomic E-state index is 12.5. The van der Waals surface area contributed by atoms with Crippen LogP contribution in [0.25, 0.3) is 0 Å². The number of nitrogens with zero attached hydrogens (tertiary/aromatic N) is 1. The van der Waals surface area contributed by atoms with Gasteiger partial charge in [-0.15, -0.1) is 0 Å². The number of halogens is 2. The first-order valence-electron chi connectivity index (χ1n) is 6.30. The van der Waals surface area contributed by atoms with Crippen molar-refractivity contribution in [1.82, 2.24) is 10.2 Å². The largest absolute Gasteiger partial charge is 0.310 e. The molecule has 0 aromatic rings. The van der Waals surface area contributed by atoms with E-state index in [4.69, 9.17) is 0 Å². The Morgan fingerprint density at radius 3 is 2.50 bits per heavy atom. The van der Waals surface area contributed by atoms with E-state index in [2.05, 4.69) is 19.2 Å². The maximum Gasteiger partial charge on any atom is 0.251 e. The molecular formula is C12H24F2N2. The van der Waals surface area contributed by atoms with Crippen LogP contribution in [0.15, 0.2) is 0 Å². The van der Waals surface area contributed by atoms with Crippen LogP contribution in [-0.2, 0) is 0 Å². The van der Waals surface area contributed by atoms with Gasteiger partial charge in [0.15, 0.2) is 0 Å². The second-order valence-electron chi connectivity index (χ2n) is 4.87. The van der Waals surface area contributed by atoms with Gasteiger partial charge in [0.05, 0.1) is 6.54 Å². The van der Waals surface area contributed by atoms with E-state index in [1.54, 1.807) is 0 Å². The highest BCUT2D eigenvalue weighted by molar-refractivity contribution is 4.93.